The second kappa shape index (κ2) is 7.39. The number of rotatable bonds is 6. The highest BCUT2D eigenvalue weighted by Crippen LogP contribution is 2.27. The average Bonchev–Trinajstić information content (AvgIpc) is 2.53. The summed E-state index contributed by atoms with van der Waals surface area (Å²) >= 11 is 0. The summed E-state index contributed by atoms with van der Waals surface area (Å²) in [5, 5.41) is 3.30. The maximum Gasteiger partial charge on any atom is 0.243 e. The molecule has 1 heterocycles. The molecule has 0 atom stereocenters. The van der Waals surface area contributed by atoms with Gasteiger partial charge in [0.25, 0.3) is 0 Å². The van der Waals surface area contributed by atoms with Crippen LogP contribution in [0.5, 0.6) is 5.75 Å². The molecule has 22 heavy (non-hydrogen) atoms. The van der Waals surface area contributed by atoms with E-state index in [4.69, 9.17) is 4.74 Å². The summed E-state index contributed by atoms with van der Waals surface area (Å²) in [5.41, 5.74) is 0. The third kappa shape index (κ3) is 3.77. The van der Waals surface area contributed by atoms with E-state index >= 15 is 0 Å². The Morgan fingerprint density at radius 2 is 2.05 bits per heavy atom. The van der Waals surface area contributed by atoms with E-state index in [2.05, 4.69) is 12.2 Å². The third-order valence-corrected chi connectivity index (χ3v) is 5.91. The number of benzene rings is 1. The quantitative estimate of drug-likeness (QED) is 0.865. The Balaban J connectivity index is 2.08. The molecule has 1 fully saturated rings. The van der Waals surface area contributed by atoms with Crippen LogP contribution in [0.3, 0.4) is 0 Å². The molecule has 0 amide bonds. The minimum Gasteiger partial charge on any atom is -0.494 e. The van der Waals surface area contributed by atoms with E-state index in [1.165, 1.54) is 23.5 Å². The fourth-order valence-corrected chi connectivity index (χ4v) is 4.14. The van der Waals surface area contributed by atoms with Gasteiger partial charge in [-0.1, -0.05) is 6.92 Å². The fraction of sp³-hybridized carbons (Fsp3) is 0.600. The van der Waals surface area contributed by atoms with Gasteiger partial charge in [0.2, 0.25) is 10.0 Å². The Labute approximate surface area is 131 Å². The van der Waals surface area contributed by atoms with E-state index in [1.807, 2.05) is 0 Å². The monoisotopic (exact) mass is 330 g/mol. The van der Waals surface area contributed by atoms with Gasteiger partial charge in [0.15, 0.2) is 11.6 Å². The number of halogens is 1. The highest BCUT2D eigenvalue weighted by Gasteiger charge is 2.29. The van der Waals surface area contributed by atoms with Crippen molar-refractivity contribution in [3.63, 3.8) is 0 Å². The predicted octanol–water partition coefficient (Wildman–Crippen LogP) is 1.84. The highest BCUT2D eigenvalue weighted by atomic mass is 32.2. The van der Waals surface area contributed by atoms with Gasteiger partial charge in [0.05, 0.1) is 12.0 Å². The number of piperidine rings is 1. The Kier molecular flexibility index (Phi) is 5.77. The minimum atomic E-state index is -3.59. The first-order valence-electron chi connectivity index (χ1n) is 7.53. The zero-order valence-corrected chi connectivity index (χ0v) is 13.8. The van der Waals surface area contributed by atoms with Gasteiger partial charge in [0.1, 0.15) is 0 Å². The Bertz CT molecular complexity index is 599. The van der Waals surface area contributed by atoms with Gasteiger partial charge < -0.3 is 10.1 Å². The molecule has 124 valence electrons. The van der Waals surface area contributed by atoms with Crippen molar-refractivity contribution in [3.8, 4) is 5.75 Å². The van der Waals surface area contributed by atoms with Crippen LogP contribution in [0.25, 0.3) is 0 Å². The number of methoxy groups -OCH3 is 1. The summed E-state index contributed by atoms with van der Waals surface area (Å²) in [5.74, 6) is -0.108. The highest BCUT2D eigenvalue weighted by molar-refractivity contribution is 7.89. The van der Waals surface area contributed by atoms with Gasteiger partial charge in [0, 0.05) is 19.2 Å². The predicted molar refractivity (Wildman–Crippen MR) is 83.0 cm³/mol. The van der Waals surface area contributed by atoms with E-state index in [0.29, 0.717) is 19.0 Å². The zero-order chi connectivity index (χ0) is 16.2. The van der Waals surface area contributed by atoms with Gasteiger partial charge in [-0.05, 0) is 44.0 Å². The van der Waals surface area contributed by atoms with E-state index < -0.39 is 15.8 Å². The topological polar surface area (TPSA) is 58.6 Å². The molecule has 1 N–H and O–H groups in total. The van der Waals surface area contributed by atoms with Crippen molar-refractivity contribution in [2.45, 2.75) is 24.7 Å². The fourth-order valence-electron chi connectivity index (χ4n) is 2.65. The molecular weight excluding hydrogens is 307 g/mol. The molecule has 5 nitrogen and oxygen atoms in total. The van der Waals surface area contributed by atoms with Crippen molar-refractivity contribution in [3.05, 3.63) is 24.0 Å². The lowest BCUT2D eigenvalue weighted by Gasteiger charge is -2.31. The molecule has 0 aromatic heterocycles. The molecule has 0 bridgehead atoms. The summed E-state index contributed by atoms with van der Waals surface area (Å²) in [6.07, 6.45) is 1.68. The largest absolute Gasteiger partial charge is 0.494 e. The van der Waals surface area contributed by atoms with Crippen LogP contribution in [0.1, 0.15) is 19.8 Å². The van der Waals surface area contributed by atoms with Gasteiger partial charge in [-0.2, -0.15) is 4.31 Å². The van der Waals surface area contributed by atoms with Crippen LogP contribution in [0, 0.1) is 11.7 Å². The van der Waals surface area contributed by atoms with Crippen molar-refractivity contribution in [1.82, 2.24) is 9.62 Å². The first-order valence-corrected chi connectivity index (χ1v) is 8.97. The van der Waals surface area contributed by atoms with E-state index in [9.17, 15) is 12.8 Å². The molecule has 2 rings (SSSR count). The van der Waals surface area contributed by atoms with Crippen LogP contribution in [0.4, 0.5) is 4.39 Å². The maximum absolute atomic E-state index is 13.4. The molecule has 0 radical (unpaired) electrons. The van der Waals surface area contributed by atoms with E-state index in [-0.39, 0.29) is 10.6 Å². The summed E-state index contributed by atoms with van der Waals surface area (Å²) in [6, 6.07) is 3.66. The number of sulfonamides is 1. The van der Waals surface area contributed by atoms with Gasteiger partial charge in [-0.3, -0.25) is 0 Å². The number of hydrogen-bond acceptors (Lipinski definition) is 4. The minimum absolute atomic E-state index is 0.0527. The Morgan fingerprint density at radius 1 is 1.36 bits per heavy atom. The molecule has 7 heteroatoms. The van der Waals surface area contributed by atoms with Crippen molar-refractivity contribution in [1.29, 1.82) is 0 Å². The Hall–Kier alpha value is -1.18. The summed E-state index contributed by atoms with van der Waals surface area (Å²) < 4.78 is 45.0. The molecule has 1 aromatic rings. The van der Waals surface area contributed by atoms with Crippen molar-refractivity contribution >= 4 is 10.0 Å². The molecule has 1 aromatic carbocycles. The molecule has 1 aliphatic rings. The lowest BCUT2D eigenvalue weighted by Crippen LogP contribution is -2.40. The van der Waals surface area contributed by atoms with E-state index in [1.54, 1.807) is 0 Å². The first-order chi connectivity index (χ1) is 10.5. The lowest BCUT2D eigenvalue weighted by atomic mass is 9.98. The smallest absolute Gasteiger partial charge is 0.243 e. The molecule has 0 saturated carbocycles. The second-order valence-corrected chi connectivity index (χ2v) is 7.39. The second-order valence-electron chi connectivity index (χ2n) is 5.45. The summed E-state index contributed by atoms with van der Waals surface area (Å²) in [6.45, 7) is 4.90. The number of ether oxygens (including phenoxy) is 1. The summed E-state index contributed by atoms with van der Waals surface area (Å²) in [7, 11) is -2.27. The van der Waals surface area contributed by atoms with Gasteiger partial charge in [-0.25, -0.2) is 12.8 Å². The molecule has 0 aliphatic carbocycles. The van der Waals surface area contributed by atoms with Crippen LogP contribution >= 0.6 is 0 Å². The van der Waals surface area contributed by atoms with Crippen molar-refractivity contribution < 1.29 is 17.5 Å². The molecule has 0 spiro atoms. The van der Waals surface area contributed by atoms with E-state index in [0.717, 1.165) is 32.0 Å². The Morgan fingerprint density at radius 3 is 2.64 bits per heavy atom. The number of hydrogen-bond donors (Lipinski definition) is 1. The normalized spacial score (nSPS) is 17.6. The van der Waals surface area contributed by atoms with Gasteiger partial charge >= 0.3 is 0 Å². The van der Waals surface area contributed by atoms with Crippen molar-refractivity contribution in [2.75, 3.05) is 33.3 Å². The van der Waals surface area contributed by atoms with Crippen LogP contribution in [0.2, 0.25) is 0 Å². The number of nitrogens with one attached hydrogen (secondary N) is 1. The van der Waals surface area contributed by atoms with Crippen LogP contribution in [0.15, 0.2) is 23.1 Å². The maximum atomic E-state index is 13.4. The molecule has 1 aliphatic heterocycles. The number of nitrogens with zero attached hydrogens (tertiary/aromatic N) is 1. The molecule has 1 saturated heterocycles. The average molecular weight is 330 g/mol. The zero-order valence-electron chi connectivity index (χ0n) is 13.0. The first kappa shape index (κ1) is 17.2. The SMILES string of the molecule is CCNCC1CCN(S(=O)(=O)c2ccc(F)c(OC)c2)CC1. The van der Waals surface area contributed by atoms with Crippen molar-refractivity contribution in [2.24, 2.45) is 5.92 Å². The third-order valence-electron chi connectivity index (χ3n) is 4.02. The van der Waals surface area contributed by atoms with Gasteiger partial charge in [-0.15, -0.1) is 0 Å². The van der Waals surface area contributed by atoms with Crippen LogP contribution in [-0.4, -0.2) is 46.0 Å². The molecular formula is C15H23FN2O3S. The standard InChI is InChI=1S/C15H23FN2O3S/c1-3-17-11-12-6-8-18(9-7-12)22(19,20)13-4-5-14(16)15(10-13)21-2/h4-5,10,12,17H,3,6-9,11H2,1-2H3. The van der Waals surface area contributed by atoms with Crippen LogP contribution in [-0.2, 0) is 10.0 Å². The van der Waals surface area contributed by atoms with Crippen LogP contribution < -0.4 is 10.1 Å². The lowest BCUT2D eigenvalue weighted by molar-refractivity contribution is 0.268. The summed E-state index contributed by atoms with van der Waals surface area (Å²) in [4.78, 5) is 0.0795. The molecule has 0 unspecified atom stereocenters.